The van der Waals surface area contributed by atoms with Crippen LogP contribution in [0.15, 0.2) is 11.6 Å². The van der Waals surface area contributed by atoms with Crippen molar-refractivity contribution in [2.75, 3.05) is 13.1 Å². The lowest BCUT2D eigenvalue weighted by Crippen LogP contribution is -2.47. The van der Waals surface area contributed by atoms with Crippen LogP contribution in [0.2, 0.25) is 0 Å². The number of amides is 2. The van der Waals surface area contributed by atoms with E-state index < -0.39 is 5.60 Å². The van der Waals surface area contributed by atoms with Crippen molar-refractivity contribution in [1.82, 2.24) is 10.2 Å². The van der Waals surface area contributed by atoms with Crippen LogP contribution in [-0.2, 0) is 0 Å². The molecule has 3 rings (SSSR count). The molecule has 0 spiro atoms. The van der Waals surface area contributed by atoms with Gasteiger partial charge < -0.3 is 15.3 Å². The molecule has 0 aromatic rings. The normalized spacial score (nSPS) is 29.6. The Morgan fingerprint density at radius 2 is 1.87 bits per heavy atom. The van der Waals surface area contributed by atoms with Crippen LogP contribution in [-0.4, -0.2) is 40.8 Å². The van der Waals surface area contributed by atoms with E-state index in [0.717, 1.165) is 64.0 Å². The zero-order valence-corrected chi connectivity index (χ0v) is 19.8. The minimum absolute atomic E-state index is 0.137. The fraction of sp³-hybridized carbons (Fsp3) is 0.885. The molecule has 1 atom stereocenters. The zero-order chi connectivity index (χ0) is 21.6. The van der Waals surface area contributed by atoms with Crippen LogP contribution in [0, 0.1) is 17.8 Å². The van der Waals surface area contributed by atoms with Crippen molar-refractivity contribution < 1.29 is 9.90 Å². The van der Waals surface area contributed by atoms with Crippen molar-refractivity contribution in [1.29, 1.82) is 0 Å². The maximum absolute atomic E-state index is 12.6. The average Bonchev–Trinajstić information content (AvgIpc) is 2.75. The van der Waals surface area contributed by atoms with Gasteiger partial charge in [0, 0.05) is 19.1 Å². The monoisotopic (exact) mass is 418 g/mol. The molecule has 4 heteroatoms. The summed E-state index contributed by atoms with van der Waals surface area (Å²) < 4.78 is 0. The Labute approximate surface area is 184 Å². The van der Waals surface area contributed by atoms with Gasteiger partial charge in [-0.25, -0.2) is 4.79 Å². The smallest absolute Gasteiger partial charge is 0.317 e. The molecule has 4 nitrogen and oxygen atoms in total. The Bertz CT molecular complexity index is 572. The van der Waals surface area contributed by atoms with Gasteiger partial charge in [0.2, 0.25) is 0 Å². The first-order valence-electron chi connectivity index (χ1n) is 12.8. The van der Waals surface area contributed by atoms with E-state index in [4.69, 9.17) is 0 Å². The first-order chi connectivity index (χ1) is 14.3. The lowest BCUT2D eigenvalue weighted by atomic mass is 9.72. The van der Waals surface area contributed by atoms with Gasteiger partial charge in [0.05, 0.1) is 5.60 Å². The molecule has 0 bridgehead atoms. The molecular weight excluding hydrogens is 372 g/mol. The van der Waals surface area contributed by atoms with Crippen LogP contribution in [0.1, 0.15) is 104 Å². The molecule has 172 valence electrons. The number of nitrogens with one attached hydrogen (secondary N) is 1. The Hall–Kier alpha value is -1.03. The molecule has 0 saturated heterocycles. The second-order valence-corrected chi connectivity index (χ2v) is 11.0. The van der Waals surface area contributed by atoms with Gasteiger partial charge in [0.15, 0.2) is 0 Å². The number of urea groups is 1. The molecule has 1 heterocycles. The standard InChI is InChI=1S/C26H46N2O2/c1-20(2)9-14-26(30)15-10-22(11-16-26)19-21(3)23-12-17-28(18-13-23)25(29)27-24-7-5-4-6-8-24/h12,20-22,24,30H,4-11,13-19H2,1-3H3,(H,27,29). The minimum atomic E-state index is -0.402. The molecular formula is C26H46N2O2. The van der Waals surface area contributed by atoms with Crippen molar-refractivity contribution in [3.05, 3.63) is 11.6 Å². The number of nitrogens with zero attached hydrogens (tertiary/aromatic N) is 1. The first-order valence-corrected chi connectivity index (χ1v) is 12.8. The van der Waals surface area contributed by atoms with Gasteiger partial charge in [-0.3, -0.25) is 0 Å². The summed E-state index contributed by atoms with van der Waals surface area (Å²) in [4.78, 5) is 14.6. The number of hydrogen-bond acceptors (Lipinski definition) is 2. The maximum atomic E-state index is 12.6. The summed E-state index contributed by atoms with van der Waals surface area (Å²) in [5, 5.41) is 14.1. The Balaban J connectivity index is 1.39. The van der Waals surface area contributed by atoms with Gasteiger partial charge in [-0.05, 0) is 82.0 Å². The van der Waals surface area contributed by atoms with E-state index in [9.17, 15) is 9.90 Å². The summed E-state index contributed by atoms with van der Waals surface area (Å²) in [5.41, 5.74) is 1.14. The Kier molecular flexibility index (Phi) is 8.68. The van der Waals surface area contributed by atoms with Gasteiger partial charge in [-0.1, -0.05) is 51.7 Å². The largest absolute Gasteiger partial charge is 0.390 e. The lowest BCUT2D eigenvalue weighted by Gasteiger charge is -2.38. The Morgan fingerprint density at radius 1 is 1.17 bits per heavy atom. The first kappa shape index (κ1) is 23.6. The van der Waals surface area contributed by atoms with E-state index in [2.05, 4.69) is 32.2 Å². The summed E-state index contributed by atoms with van der Waals surface area (Å²) in [6.07, 6.45) is 17.1. The predicted molar refractivity (Wildman–Crippen MR) is 124 cm³/mol. The SMILES string of the molecule is CC(C)CCC1(O)CCC(CC(C)C2=CCN(C(=O)NC3CCCCC3)CC2)CC1. The van der Waals surface area contributed by atoms with Crippen LogP contribution in [0.5, 0.6) is 0 Å². The molecule has 1 aliphatic heterocycles. The van der Waals surface area contributed by atoms with E-state index >= 15 is 0 Å². The summed E-state index contributed by atoms with van der Waals surface area (Å²) in [6, 6.07) is 0.527. The number of carbonyl (C=O) groups excluding carboxylic acids is 1. The highest BCUT2D eigenvalue weighted by atomic mass is 16.3. The second kappa shape index (κ2) is 11.0. The summed E-state index contributed by atoms with van der Waals surface area (Å²) in [5.74, 6) is 2.02. The van der Waals surface area contributed by atoms with E-state index in [1.165, 1.54) is 44.1 Å². The fourth-order valence-electron chi connectivity index (χ4n) is 5.74. The third-order valence-corrected chi connectivity index (χ3v) is 8.01. The molecule has 2 saturated carbocycles. The fourth-order valence-corrected chi connectivity index (χ4v) is 5.74. The molecule has 3 aliphatic rings. The number of hydrogen-bond donors (Lipinski definition) is 2. The molecule has 2 N–H and O–H groups in total. The van der Waals surface area contributed by atoms with E-state index in [-0.39, 0.29) is 6.03 Å². The predicted octanol–water partition coefficient (Wildman–Crippen LogP) is 6.04. The summed E-state index contributed by atoms with van der Waals surface area (Å²) in [7, 11) is 0. The van der Waals surface area contributed by atoms with E-state index in [1.54, 1.807) is 0 Å². The van der Waals surface area contributed by atoms with Crippen molar-refractivity contribution >= 4 is 6.03 Å². The highest BCUT2D eigenvalue weighted by Crippen LogP contribution is 2.39. The van der Waals surface area contributed by atoms with Crippen LogP contribution in [0.3, 0.4) is 0 Å². The van der Waals surface area contributed by atoms with Gasteiger partial charge >= 0.3 is 6.03 Å². The van der Waals surface area contributed by atoms with E-state index in [1.807, 2.05) is 4.90 Å². The summed E-state index contributed by atoms with van der Waals surface area (Å²) in [6.45, 7) is 8.47. The second-order valence-electron chi connectivity index (χ2n) is 11.0. The molecule has 0 radical (unpaired) electrons. The van der Waals surface area contributed by atoms with E-state index in [0.29, 0.717) is 17.9 Å². The van der Waals surface area contributed by atoms with Crippen LogP contribution in [0.4, 0.5) is 4.79 Å². The maximum Gasteiger partial charge on any atom is 0.317 e. The van der Waals surface area contributed by atoms with Gasteiger partial charge in [0.1, 0.15) is 0 Å². The third kappa shape index (κ3) is 7.00. The highest BCUT2D eigenvalue weighted by molar-refractivity contribution is 5.75. The molecule has 2 amide bonds. The molecule has 0 aromatic heterocycles. The number of aliphatic hydroxyl groups is 1. The highest BCUT2D eigenvalue weighted by Gasteiger charge is 2.34. The van der Waals surface area contributed by atoms with Gasteiger partial charge in [-0.15, -0.1) is 0 Å². The van der Waals surface area contributed by atoms with Gasteiger partial charge in [0.25, 0.3) is 0 Å². The van der Waals surface area contributed by atoms with Crippen LogP contribution >= 0.6 is 0 Å². The zero-order valence-electron chi connectivity index (χ0n) is 19.8. The molecule has 1 unspecified atom stereocenters. The molecule has 2 aliphatic carbocycles. The molecule has 0 aromatic carbocycles. The van der Waals surface area contributed by atoms with Crippen molar-refractivity contribution in [3.8, 4) is 0 Å². The molecule has 30 heavy (non-hydrogen) atoms. The van der Waals surface area contributed by atoms with Gasteiger partial charge in [-0.2, -0.15) is 0 Å². The van der Waals surface area contributed by atoms with Crippen molar-refractivity contribution in [3.63, 3.8) is 0 Å². The van der Waals surface area contributed by atoms with Crippen molar-refractivity contribution in [2.45, 2.75) is 116 Å². The summed E-state index contributed by atoms with van der Waals surface area (Å²) >= 11 is 0. The molecule has 2 fully saturated rings. The topological polar surface area (TPSA) is 52.6 Å². The van der Waals surface area contributed by atoms with Crippen molar-refractivity contribution in [2.24, 2.45) is 17.8 Å². The lowest BCUT2D eigenvalue weighted by molar-refractivity contribution is -0.0223. The van der Waals surface area contributed by atoms with Crippen LogP contribution < -0.4 is 5.32 Å². The Morgan fingerprint density at radius 3 is 2.47 bits per heavy atom. The third-order valence-electron chi connectivity index (χ3n) is 8.01. The quantitative estimate of drug-likeness (QED) is 0.495. The number of rotatable bonds is 7. The minimum Gasteiger partial charge on any atom is -0.390 e. The number of carbonyl (C=O) groups is 1. The average molecular weight is 419 g/mol. The van der Waals surface area contributed by atoms with Crippen LogP contribution in [0.25, 0.3) is 0 Å².